The van der Waals surface area contributed by atoms with E-state index in [0.29, 0.717) is 19.6 Å². The van der Waals surface area contributed by atoms with Crippen molar-refractivity contribution in [3.05, 3.63) is 35.4 Å². The number of amides is 1. The van der Waals surface area contributed by atoms with Gasteiger partial charge in [0.15, 0.2) is 0 Å². The number of carbonyl (C=O) groups is 1. The van der Waals surface area contributed by atoms with E-state index in [2.05, 4.69) is 57.3 Å². The Morgan fingerprint density at radius 1 is 1.15 bits per heavy atom. The molecule has 4 rings (SSSR count). The monoisotopic (exact) mass is 369 g/mol. The van der Waals surface area contributed by atoms with Crippen molar-refractivity contribution in [1.29, 1.82) is 0 Å². The first-order valence-electron chi connectivity index (χ1n) is 9.80. The van der Waals surface area contributed by atoms with E-state index in [1.807, 2.05) is 0 Å². The molecule has 0 bridgehead atoms. The van der Waals surface area contributed by atoms with Gasteiger partial charge in [0.2, 0.25) is 5.91 Å². The normalized spacial score (nSPS) is 26.8. The fourth-order valence-electron chi connectivity index (χ4n) is 3.93. The van der Waals surface area contributed by atoms with Gasteiger partial charge in [0.25, 0.3) is 0 Å². The third-order valence-electron chi connectivity index (χ3n) is 6.35. The summed E-state index contributed by atoms with van der Waals surface area (Å²) in [5.74, 6) is 0.252. The molecular formula is C21H28BNO4. The maximum absolute atomic E-state index is 11.9. The van der Waals surface area contributed by atoms with Crippen LogP contribution in [0.15, 0.2) is 24.3 Å². The van der Waals surface area contributed by atoms with E-state index in [-0.39, 0.29) is 23.0 Å². The lowest BCUT2D eigenvalue weighted by molar-refractivity contribution is -0.119. The van der Waals surface area contributed by atoms with Crippen molar-refractivity contribution in [2.75, 3.05) is 19.8 Å². The highest BCUT2D eigenvalue weighted by Crippen LogP contribution is 2.38. The van der Waals surface area contributed by atoms with Gasteiger partial charge >= 0.3 is 7.12 Å². The molecule has 2 fully saturated rings. The first-order chi connectivity index (χ1) is 12.8. The molecule has 0 radical (unpaired) electrons. The maximum Gasteiger partial charge on any atom is 0.495 e. The van der Waals surface area contributed by atoms with Crippen LogP contribution in [0.2, 0.25) is 0 Å². The van der Waals surface area contributed by atoms with Crippen LogP contribution in [0, 0.1) is 0 Å². The smallest absolute Gasteiger partial charge is 0.399 e. The van der Waals surface area contributed by atoms with Crippen molar-refractivity contribution in [1.82, 2.24) is 5.32 Å². The van der Waals surface area contributed by atoms with Gasteiger partial charge in [-0.15, -0.1) is 0 Å². The average molecular weight is 369 g/mol. The van der Waals surface area contributed by atoms with E-state index in [1.165, 1.54) is 11.1 Å². The first kappa shape index (κ1) is 18.7. The quantitative estimate of drug-likeness (QED) is 0.832. The Hall–Kier alpha value is -1.63. The third-order valence-corrected chi connectivity index (χ3v) is 6.35. The van der Waals surface area contributed by atoms with Gasteiger partial charge in [0.1, 0.15) is 0 Å². The molecule has 3 aliphatic rings. The molecule has 0 aromatic heterocycles. The minimum absolute atomic E-state index is 0.107. The van der Waals surface area contributed by atoms with Crippen LogP contribution in [0.5, 0.6) is 0 Å². The third kappa shape index (κ3) is 3.46. The Balaban J connectivity index is 1.72. The first-order valence-corrected chi connectivity index (χ1v) is 9.80. The van der Waals surface area contributed by atoms with Crippen molar-refractivity contribution in [2.24, 2.45) is 0 Å². The average Bonchev–Trinajstić information content (AvgIpc) is 3.15. The second kappa shape index (κ2) is 6.76. The predicted molar refractivity (Wildman–Crippen MR) is 106 cm³/mol. The van der Waals surface area contributed by atoms with Crippen LogP contribution in [0.25, 0.3) is 5.57 Å². The SMILES string of the molecule is CC1(C)OB(c2ccc(C3=CCOCC3)cc2C2CNC(=O)C2)OC1(C)C. The lowest BCUT2D eigenvalue weighted by Gasteiger charge is -2.32. The second-order valence-corrected chi connectivity index (χ2v) is 8.69. The molecule has 5 nitrogen and oxygen atoms in total. The van der Waals surface area contributed by atoms with Crippen LogP contribution >= 0.6 is 0 Å². The summed E-state index contributed by atoms with van der Waals surface area (Å²) < 4.78 is 18.0. The molecule has 1 unspecified atom stereocenters. The number of ether oxygens (including phenoxy) is 1. The second-order valence-electron chi connectivity index (χ2n) is 8.69. The molecule has 2 saturated heterocycles. The van der Waals surface area contributed by atoms with Crippen LogP contribution in [-0.4, -0.2) is 44.0 Å². The lowest BCUT2D eigenvalue weighted by Crippen LogP contribution is -2.41. The Morgan fingerprint density at radius 3 is 2.48 bits per heavy atom. The van der Waals surface area contributed by atoms with Crippen LogP contribution in [-0.2, 0) is 18.8 Å². The molecule has 6 heteroatoms. The summed E-state index contributed by atoms with van der Waals surface area (Å²) in [5.41, 5.74) is 3.91. The van der Waals surface area contributed by atoms with Crippen molar-refractivity contribution in [3.8, 4) is 0 Å². The summed E-state index contributed by atoms with van der Waals surface area (Å²) in [7, 11) is -0.418. The number of nitrogens with one attached hydrogen (secondary N) is 1. The minimum atomic E-state index is -0.418. The summed E-state index contributed by atoms with van der Waals surface area (Å²) in [5, 5.41) is 2.96. The molecule has 3 aliphatic heterocycles. The van der Waals surface area contributed by atoms with Crippen molar-refractivity contribution < 1.29 is 18.8 Å². The van der Waals surface area contributed by atoms with Gasteiger partial charge in [-0.2, -0.15) is 0 Å². The van der Waals surface area contributed by atoms with Crippen molar-refractivity contribution in [3.63, 3.8) is 0 Å². The zero-order valence-electron chi connectivity index (χ0n) is 16.6. The molecule has 27 heavy (non-hydrogen) atoms. The van der Waals surface area contributed by atoms with Crippen LogP contribution in [0.1, 0.15) is 57.6 Å². The number of rotatable bonds is 3. The molecule has 0 aliphatic carbocycles. The summed E-state index contributed by atoms with van der Waals surface area (Å²) >= 11 is 0. The largest absolute Gasteiger partial charge is 0.495 e. The molecule has 1 aromatic rings. The van der Waals surface area contributed by atoms with Gasteiger partial charge in [-0.1, -0.05) is 24.3 Å². The molecule has 3 heterocycles. The summed E-state index contributed by atoms with van der Waals surface area (Å²) in [4.78, 5) is 11.9. The van der Waals surface area contributed by atoms with E-state index in [0.717, 1.165) is 24.1 Å². The molecule has 0 saturated carbocycles. The number of hydrogen-bond acceptors (Lipinski definition) is 4. The van der Waals surface area contributed by atoms with Crippen molar-refractivity contribution in [2.45, 2.75) is 57.7 Å². The predicted octanol–water partition coefficient (Wildman–Crippen LogP) is 2.39. The van der Waals surface area contributed by atoms with Gasteiger partial charge in [-0.05, 0) is 56.3 Å². The van der Waals surface area contributed by atoms with E-state index in [9.17, 15) is 4.79 Å². The van der Waals surface area contributed by atoms with E-state index in [4.69, 9.17) is 14.0 Å². The standard InChI is InChI=1S/C21H28BNO4/c1-20(2)21(3,4)27-22(26-20)18-6-5-15(14-7-9-25-10-8-14)11-17(18)16-12-19(24)23-13-16/h5-7,11,16H,8-10,12-13H2,1-4H3,(H,23,24). The van der Waals surface area contributed by atoms with Gasteiger partial charge in [-0.25, -0.2) is 0 Å². The highest BCUT2D eigenvalue weighted by atomic mass is 16.7. The molecule has 1 atom stereocenters. The molecule has 0 spiro atoms. The van der Waals surface area contributed by atoms with Gasteiger partial charge in [-0.3, -0.25) is 4.79 Å². The highest BCUT2D eigenvalue weighted by molar-refractivity contribution is 6.62. The lowest BCUT2D eigenvalue weighted by atomic mass is 9.72. The topological polar surface area (TPSA) is 56.8 Å². The van der Waals surface area contributed by atoms with E-state index in [1.54, 1.807) is 0 Å². The van der Waals surface area contributed by atoms with Gasteiger partial charge < -0.3 is 19.4 Å². The number of carbonyl (C=O) groups excluding carboxylic acids is 1. The Labute approximate surface area is 161 Å². The Bertz CT molecular complexity index is 770. The van der Waals surface area contributed by atoms with E-state index < -0.39 is 7.12 Å². The van der Waals surface area contributed by atoms with Crippen LogP contribution < -0.4 is 10.8 Å². The van der Waals surface area contributed by atoms with Gasteiger partial charge in [0, 0.05) is 18.9 Å². The summed E-state index contributed by atoms with van der Waals surface area (Å²) in [6.45, 7) is 10.3. The Kier molecular flexibility index (Phi) is 4.69. The summed E-state index contributed by atoms with van der Waals surface area (Å²) in [6, 6.07) is 6.49. The van der Waals surface area contributed by atoms with Crippen LogP contribution in [0.4, 0.5) is 0 Å². The fraction of sp³-hybridized carbons (Fsp3) is 0.571. The Morgan fingerprint density at radius 2 is 1.89 bits per heavy atom. The number of hydrogen-bond donors (Lipinski definition) is 1. The molecule has 1 N–H and O–H groups in total. The zero-order chi connectivity index (χ0) is 19.2. The summed E-state index contributed by atoms with van der Waals surface area (Å²) in [6.07, 6.45) is 3.57. The minimum Gasteiger partial charge on any atom is -0.399 e. The molecule has 144 valence electrons. The molecule has 1 aromatic carbocycles. The van der Waals surface area contributed by atoms with Crippen molar-refractivity contribution >= 4 is 24.1 Å². The van der Waals surface area contributed by atoms with E-state index >= 15 is 0 Å². The van der Waals surface area contributed by atoms with Crippen LogP contribution in [0.3, 0.4) is 0 Å². The number of benzene rings is 1. The maximum atomic E-state index is 11.9. The van der Waals surface area contributed by atoms with Gasteiger partial charge in [0.05, 0.1) is 24.4 Å². The fourth-order valence-corrected chi connectivity index (χ4v) is 3.93. The molecule has 1 amide bonds. The zero-order valence-corrected chi connectivity index (χ0v) is 16.6. The highest BCUT2D eigenvalue weighted by Gasteiger charge is 2.52. The molecular weight excluding hydrogens is 341 g/mol.